The maximum atomic E-state index is 2.41. The van der Waals surface area contributed by atoms with Crippen LogP contribution in [0, 0.1) is 12.8 Å². The molecule has 1 aliphatic rings. The Balaban J connectivity index is 1.98. The molecule has 0 spiro atoms. The van der Waals surface area contributed by atoms with Crippen molar-refractivity contribution in [2.45, 2.75) is 33.1 Å². The van der Waals surface area contributed by atoms with E-state index in [4.69, 9.17) is 0 Å². The normalized spacial score (nSPS) is 17.0. The number of nitrogens with zero attached hydrogens (tertiary/aromatic N) is 1. The van der Waals surface area contributed by atoms with Crippen molar-refractivity contribution < 1.29 is 0 Å². The molecular weight excluding hydrogens is 302 g/mol. The number of hydrogen-bond donors (Lipinski definition) is 0. The summed E-state index contributed by atoms with van der Waals surface area (Å²) >= 11 is 0. The zero-order valence-electron chi connectivity index (χ0n) is 15.1. The zero-order chi connectivity index (χ0) is 17.2. The summed E-state index contributed by atoms with van der Waals surface area (Å²) in [7, 11) is 0. The molecule has 1 aliphatic carbocycles. The van der Waals surface area contributed by atoms with Crippen molar-refractivity contribution in [2.24, 2.45) is 5.92 Å². The van der Waals surface area contributed by atoms with Crippen LogP contribution in [-0.4, -0.2) is 4.57 Å². The fourth-order valence-corrected chi connectivity index (χ4v) is 4.23. The second kappa shape index (κ2) is 6.76. The van der Waals surface area contributed by atoms with Crippen molar-refractivity contribution in [2.75, 3.05) is 0 Å². The molecule has 0 radical (unpaired) electrons. The van der Waals surface area contributed by atoms with Crippen LogP contribution in [0.4, 0.5) is 0 Å². The summed E-state index contributed by atoms with van der Waals surface area (Å²) in [5, 5.41) is 1.37. The summed E-state index contributed by atoms with van der Waals surface area (Å²) in [5.41, 5.74) is 6.82. The summed E-state index contributed by atoms with van der Waals surface area (Å²) in [6.45, 7) is 4.56. The fourth-order valence-electron chi connectivity index (χ4n) is 4.23. The standard InChI is InChI=1S/C24H25N/c1-3-11-19-12-7-8-15-21(19)24-18(2)25(20-13-5-4-6-14-20)23-17-10-9-16-22(23)24/h4-10,13-17,19H,3,11-12H2,1-2H3. The first-order valence-electron chi connectivity index (χ1n) is 9.33. The van der Waals surface area contributed by atoms with Gasteiger partial charge in [0.05, 0.1) is 5.52 Å². The molecule has 1 unspecified atom stereocenters. The molecule has 25 heavy (non-hydrogen) atoms. The lowest BCUT2D eigenvalue weighted by Crippen LogP contribution is -2.06. The molecule has 0 bridgehead atoms. The summed E-state index contributed by atoms with van der Waals surface area (Å²) in [6.07, 6.45) is 10.5. The Bertz CT molecular complexity index is 941. The largest absolute Gasteiger partial charge is 0.313 e. The van der Waals surface area contributed by atoms with Crippen molar-refractivity contribution in [1.29, 1.82) is 0 Å². The topological polar surface area (TPSA) is 4.93 Å². The molecule has 1 heterocycles. The number of allylic oxidation sites excluding steroid dienone is 4. The van der Waals surface area contributed by atoms with Crippen LogP contribution in [0.15, 0.2) is 72.8 Å². The van der Waals surface area contributed by atoms with E-state index < -0.39 is 0 Å². The van der Waals surface area contributed by atoms with Crippen LogP contribution in [0.2, 0.25) is 0 Å². The molecule has 0 aliphatic heterocycles. The third-order valence-corrected chi connectivity index (χ3v) is 5.32. The lowest BCUT2D eigenvalue weighted by Gasteiger charge is -2.22. The third-order valence-electron chi connectivity index (χ3n) is 5.32. The van der Waals surface area contributed by atoms with Crippen LogP contribution in [0.1, 0.15) is 37.4 Å². The van der Waals surface area contributed by atoms with Gasteiger partial charge in [-0.3, -0.25) is 0 Å². The maximum absolute atomic E-state index is 2.41. The highest BCUT2D eigenvalue weighted by Crippen LogP contribution is 2.40. The van der Waals surface area contributed by atoms with E-state index in [1.54, 1.807) is 0 Å². The molecule has 1 heteroatoms. The average molecular weight is 327 g/mol. The highest BCUT2D eigenvalue weighted by atomic mass is 15.0. The second-order valence-corrected chi connectivity index (χ2v) is 6.92. The first kappa shape index (κ1) is 16.0. The first-order chi connectivity index (χ1) is 12.3. The molecule has 2 aromatic carbocycles. The SMILES string of the molecule is CCCC1CC=CC=C1c1c(C)n(-c2ccccc2)c2ccccc12. The van der Waals surface area contributed by atoms with Gasteiger partial charge < -0.3 is 4.57 Å². The number of para-hydroxylation sites is 2. The van der Waals surface area contributed by atoms with Crippen LogP contribution in [-0.2, 0) is 0 Å². The van der Waals surface area contributed by atoms with E-state index in [0.717, 1.165) is 6.42 Å². The molecule has 1 atom stereocenters. The minimum Gasteiger partial charge on any atom is -0.313 e. The van der Waals surface area contributed by atoms with Gasteiger partial charge in [0.2, 0.25) is 0 Å². The van der Waals surface area contributed by atoms with E-state index in [2.05, 4.69) is 91.2 Å². The maximum Gasteiger partial charge on any atom is 0.0537 e. The monoisotopic (exact) mass is 327 g/mol. The van der Waals surface area contributed by atoms with Gasteiger partial charge in [-0.15, -0.1) is 0 Å². The molecule has 1 aromatic heterocycles. The Morgan fingerprint density at radius 3 is 2.56 bits per heavy atom. The van der Waals surface area contributed by atoms with Gasteiger partial charge in [0.1, 0.15) is 0 Å². The Morgan fingerprint density at radius 1 is 1.00 bits per heavy atom. The van der Waals surface area contributed by atoms with Gasteiger partial charge in [-0.2, -0.15) is 0 Å². The molecule has 1 nitrogen and oxygen atoms in total. The minimum absolute atomic E-state index is 0.628. The Kier molecular flexibility index (Phi) is 4.31. The lowest BCUT2D eigenvalue weighted by molar-refractivity contribution is 0.600. The Labute approximate surface area is 150 Å². The lowest BCUT2D eigenvalue weighted by atomic mass is 9.83. The van der Waals surface area contributed by atoms with Crippen molar-refractivity contribution in [3.63, 3.8) is 0 Å². The highest BCUT2D eigenvalue weighted by molar-refractivity contribution is 5.97. The molecule has 0 N–H and O–H groups in total. The van der Waals surface area contributed by atoms with E-state index >= 15 is 0 Å². The molecule has 126 valence electrons. The zero-order valence-corrected chi connectivity index (χ0v) is 15.1. The predicted molar refractivity (Wildman–Crippen MR) is 108 cm³/mol. The van der Waals surface area contributed by atoms with Gasteiger partial charge in [-0.1, -0.05) is 68.0 Å². The summed E-state index contributed by atoms with van der Waals surface area (Å²) in [5.74, 6) is 0.628. The van der Waals surface area contributed by atoms with Crippen molar-refractivity contribution in [3.05, 3.63) is 84.1 Å². The smallest absolute Gasteiger partial charge is 0.0537 e. The van der Waals surface area contributed by atoms with Crippen molar-refractivity contribution in [3.8, 4) is 5.69 Å². The van der Waals surface area contributed by atoms with Crippen LogP contribution in [0.3, 0.4) is 0 Å². The predicted octanol–water partition coefficient (Wildman–Crippen LogP) is 6.70. The van der Waals surface area contributed by atoms with E-state index in [0.29, 0.717) is 5.92 Å². The molecule has 3 aromatic rings. The molecule has 0 fully saturated rings. The molecule has 4 rings (SSSR count). The van der Waals surface area contributed by atoms with Gasteiger partial charge in [0, 0.05) is 22.3 Å². The first-order valence-corrected chi connectivity index (χ1v) is 9.33. The van der Waals surface area contributed by atoms with Gasteiger partial charge in [-0.05, 0) is 49.5 Å². The van der Waals surface area contributed by atoms with Gasteiger partial charge in [0.15, 0.2) is 0 Å². The van der Waals surface area contributed by atoms with Gasteiger partial charge >= 0.3 is 0 Å². The Morgan fingerprint density at radius 2 is 1.76 bits per heavy atom. The van der Waals surface area contributed by atoms with Crippen LogP contribution < -0.4 is 0 Å². The number of hydrogen-bond acceptors (Lipinski definition) is 0. The highest BCUT2D eigenvalue weighted by Gasteiger charge is 2.23. The van der Waals surface area contributed by atoms with Crippen LogP contribution in [0.5, 0.6) is 0 Å². The van der Waals surface area contributed by atoms with Crippen LogP contribution in [0.25, 0.3) is 22.2 Å². The Hall–Kier alpha value is -2.54. The van der Waals surface area contributed by atoms with Gasteiger partial charge in [-0.25, -0.2) is 0 Å². The quantitative estimate of drug-likeness (QED) is 0.502. The number of fused-ring (bicyclic) bond motifs is 1. The van der Waals surface area contributed by atoms with E-state index in [1.165, 1.54) is 46.3 Å². The summed E-state index contributed by atoms with van der Waals surface area (Å²) < 4.78 is 2.41. The molecule has 0 saturated heterocycles. The summed E-state index contributed by atoms with van der Waals surface area (Å²) in [6, 6.07) is 19.5. The molecular formula is C24H25N. The van der Waals surface area contributed by atoms with Crippen LogP contribution >= 0.6 is 0 Å². The number of benzene rings is 2. The van der Waals surface area contributed by atoms with E-state index in [9.17, 15) is 0 Å². The molecule has 0 saturated carbocycles. The van der Waals surface area contributed by atoms with E-state index in [1.807, 2.05) is 0 Å². The van der Waals surface area contributed by atoms with Crippen molar-refractivity contribution >= 4 is 16.5 Å². The third kappa shape index (κ3) is 2.74. The summed E-state index contributed by atoms with van der Waals surface area (Å²) in [4.78, 5) is 0. The second-order valence-electron chi connectivity index (χ2n) is 6.92. The van der Waals surface area contributed by atoms with E-state index in [-0.39, 0.29) is 0 Å². The number of rotatable bonds is 4. The molecule has 0 amide bonds. The minimum atomic E-state index is 0.628. The van der Waals surface area contributed by atoms with Crippen molar-refractivity contribution in [1.82, 2.24) is 4.57 Å². The average Bonchev–Trinajstić information content (AvgIpc) is 2.95. The number of aromatic nitrogens is 1. The van der Waals surface area contributed by atoms with Gasteiger partial charge in [0.25, 0.3) is 0 Å². The fraction of sp³-hybridized carbons (Fsp3) is 0.250.